The predicted octanol–water partition coefficient (Wildman–Crippen LogP) is 2.00. The second-order valence-electron chi connectivity index (χ2n) is 8.57. The largest absolute Gasteiger partial charge is 0.355 e. The molecule has 1 saturated heterocycles. The molecule has 160 valence electrons. The summed E-state index contributed by atoms with van der Waals surface area (Å²) in [6, 6.07) is 9.42. The number of piperidine rings is 1. The molecule has 0 bridgehead atoms. The van der Waals surface area contributed by atoms with Gasteiger partial charge in [-0.05, 0) is 55.6 Å². The minimum absolute atomic E-state index is 0.0510. The summed E-state index contributed by atoms with van der Waals surface area (Å²) in [5.74, 6) is 1.40. The lowest BCUT2D eigenvalue weighted by atomic mass is 9.96. The Labute approximate surface area is 181 Å². The van der Waals surface area contributed by atoms with Gasteiger partial charge >= 0.3 is 0 Å². The van der Waals surface area contributed by atoms with Gasteiger partial charge in [-0.15, -0.1) is 5.10 Å². The van der Waals surface area contributed by atoms with Gasteiger partial charge in [-0.1, -0.05) is 0 Å². The molecule has 31 heavy (non-hydrogen) atoms. The van der Waals surface area contributed by atoms with E-state index in [0.717, 1.165) is 68.2 Å². The van der Waals surface area contributed by atoms with E-state index in [1.807, 2.05) is 12.1 Å². The predicted molar refractivity (Wildman–Crippen MR) is 119 cm³/mol. The Balaban J connectivity index is 1.25. The summed E-state index contributed by atoms with van der Waals surface area (Å²) in [6.45, 7) is 4.48. The van der Waals surface area contributed by atoms with E-state index in [-0.39, 0.29) is 5.56 Å². The van der Waals surface area contributed by atoms with E-state index in [4.69, 9.17) is 0 Å². The van der Waals surface area contributed by atoms with Crippen LogP contribution in [0.3, 0.4) is 0 Å². The van der Waals surface area contributed by atoms with Crippen molar-refractivity contribution >= 4 is 5.82 Å². The van der Waals surface area contributed by atoms with Crippen molar-refractivity contribution in [1.29, 1.82) is 0 Å². The van der Waals surface area contributed by atoms with Crippen molar-refractivity contribution in [1.82, 2.24) is 29.9 Å². The number of anilines is 1. The third kappa shape index (κ3) is 4.34. The first-order valence-corrected chi connectivity index (χ1v) is 10.9. The molecular weight excluding hydrogens is 390 g/mol. The van der Waals surface area contributed by atoms with Crippen LogP contribution in [0.1, 0.15) is 24.1 Å². The van der Waals surface area contributed by atoms with Crippen LogP contribution in [0.15, 0.2) is 47.5 Å². The van der Waals surface area contributed by atoms with E-state index in [0.29, 0.717) is 12.5 Å². The Morgan fingerprint density at radius 3 is 2.65 bits per heavy atom. The van der Waals surface area contributed by atoms with Crippen molar-refractivity contribution in [3.63, 3.8) is 0 Å². The molecule has 2 aliphatic rings. The summed E-state index contributed by atoms with van der Waals surface area (Å²) in [7, 11) is 2.15. The first-order chi connectivity index (χ1) is 15.2. The molecular formula is C23H27N7O. The highest BCUT2D eigenvalue weighted by atomic mass is 16.1. The number of hydrogen-bond donors (Lipinski definition) is 0. The van der Waals surface area contributed by atoms with Gasteiger partial charge in [0.25, 0.3) is 5.56 Å². The minimum atomic E-state index is -0.0510. The Kier molecular flexibility index (Phi) is 5.46. The van der Waals surface area contributed by atoms with Gasteiger partial charge in [0, 0.05) is 63.2 Å². The number of fused-ring (bicyclic) bond motifs is 1. The fourth-order valence-electron chi connectivity index (χ4n) is 4.46. The maximum atomic E-state index is 12.4. The van der Waals surface area contributed by atoms with Gasteiger partial charge in [0.05, 0.1) is 11.4 Å². The number of pyridine rings is 1. The molecule has 0 unspecified atom stereocenters. The van der Waals surface area contributed by atoms with E-state index in [2.05, 4.69) is 43.2 Å². The molecule has 1 fully saturated rings. The Bertz CT molecular complexity index is 1110. The molecule has 0 atom stereocenters. The van der Waals surface area contributed by atoms with E-state index < -0.39 is 0 Å². The second kappa shape index (κ2) is 8.55. The fourth-order valence-corrected chi connectivity index (χ4v) is 4.46. The summed E-state index contributed by atoms with van der Waals surface area (Å²) in [6.07, 6.45) is 6.47. The highest BCUT2D eigenvalue weighted by molar-refractivity contribution is 5.57. The topological polar surface area (TPSA) is 80.0 Å². The SMILES string of the molecule is CN1CCc2nnc(N3CCC(Cn4nc(-c5ccncc5)ccc4=O)CC3)cc2C1. The molecule has 3 aromatic rings. The number of likely N-dealkylation sites (N-methyl/N-ethyl adjacent to an activating group) is 1. The molecule has 0 saturated carbocycles. The third-order valence-corrected chi connectivity index (χ3v) is 6.33. The summed E-state index contributed by atoms with van der Waals surface area (Å²) >= 11 is 0. The molecule has 0 radical (unpaired) electrons. The fraction of sp³-hybridized carbons (Fsp3) is 0.435. The van der Waals surface area contributed by atoms with Crippen molar-refractivity contribution < 1.29 is 0 Å². The molecule has 5 rings (SSSR count). The van der Waals surface area contributed by atoms with Gasteiger partial charge in [0.2, 0.25) is 0 Å². The molecule has 0 aromatic carbocycles. The zero-order valence-corrected chi connectivity index (χ0v) is 17.8. The van der Waals surface area contributed by atoms with Crippen LogP contribution in [0.25, 0.3) is 11.3 Å². The standard InChI is InChI=1S/C23H27N7O/c1-28-11-8-20-19(16-28)14-22(26-25-20)29-12-6-17(7-13-29)15-30-23(31)3-2-21(27-30)18-4-9-24-10-5-18/h2-5,9-10,14,17H,6-8,11-13,15-16H2,1H3. The van der Waals surface area contributed by atoms with Crippen molar-refractivity contribution in [2.45, 2.75) is 32.4 Å². The average molecular weight is 418 g/mol. The molecule has 8 heteroatoms. The van der Waals surface area contributed by atoms with Crippen LogP contribution >= 0.6 is 0 Å². The van der Waals surface area contributed by atoms with Crippen LogP contribution in [-0.2, 0) is 19.5 Å². The van der Waals surface area contributed by atoms with Crippen LogP contribution < -0.4 is 10.5 Å². The van der Waals surface area contributed by atoms with E-state index in [1.54, 1.807) is 29.2 Å². The monoisotopic (exact) mass is 417 g/mol. The number of rotatable bonds is 4. The first kappa shape index (κ1) is 19.8. The first-order valence-electron chi connectivity index (χ1n) is 10.9. The lowest BCUT2D eigenvalue weighted by molar-refractivity contribution is 0.308. The zero-order chi connectivity index (χ0) is 21.2. The van der Waals surface area contributed by atoms with E-state index >= 15 is 0 Å². The maximum absolute atomic E-state index is 12.4. The Morgan fingerprint density at radius 1 is 1.03 bits per heavy atom. The summed E-state index contributed by atoms with van der Waals surface area (Å²) < 4.78 is 1.62. The number of aromatic nitrogens is 5. The van der Waals surface area contributed by atoms with Crippen LogP contribution in [0.4, 0.5) is 5.82 Å². The lowest BCUT2D eigenvalue weighted by Crippen LogP contribution is -2.37. The van der Waals surface area contributed by atoms with Gasteiger partial charge < -0.3 is 9.80 Å². The number of hydrogen-bond acceptors (Lipinski definition) is 7. The van der Waals surface area contributed by atoms with Crippen LogP contribution in [-0.4, -0.2) is 56.5 Å². The molecule has 2 aliphatic heterocycles. The van der Waals surface area contributed by atoms with E-state index in [9.17, 15) is 4.79 Å². The Hall–Kier alpha value is -3.13. The number of nitrogens with zero attached hydrogens (tertiary/aromatic N) is 7. The molecule has 3 aromatic heterocycles. The van der Waals surface area contributed by atoms with Crippen molar-refractivity contribution in [2.24, 2.45) is 5.92 Å². The van der Waals surface area contributed by atoms with E-state index in [1.165, 1.54) is 5.56 Å². The minimum Gasteiger partial charge on any atom is -0.355 e. The van der Waals surface area contributed by atoms with Gasteiger partial charge in [-0.3, -0.25) is 9.78 Å². The normalized spacial score (nSPS) is 17.5. The van der Waals surface area contributed by atoms with Gasteiger partial charge in [-0.25, -0.2) is 4.68 Å². The third-order valence-electron chi connectivity index (χ3n) is 6.33. The smallest absolute Gasteiger partial charge is 0.266 e. The second-order valence-corrected chi connectivity index (χ2v) is 8.57. The molecule has 5 heterocycles. The Morgan fingerprint density at radius 2 is 1.84 bits per heavy atom. The van der Waals surface area contributed by atoms with Gasteiger partial charge in [0.15, 0.2) is 5.82 Å². The summed E-state index contributed by atoms with van der Waals surface area (Å²) in [4.78, 5) is 21.1. The lowest BCUT2D eigenvalue weighted by Gasteiger charge is -2.33. The van der Waals surface area contributed by atoms with Crippen LogP contribution in [0.5, 0.6) is 0 Å². The van der Waals surface area contributed by atoms with Crippen molar-refractivity contribution in [3.05, 3.63) is 64.3 Å². The molecule has 0 aliphatic carbocycles. The van der Waals surface area contributed by atoms with Crippen molar-refractivity contribution in [3.8, 4) is 11.3 Å². The van der Waals surface area contributed by atoms with Crippen molar-refractivity contribution in [2.75, 3.05) is 31.6 Å². The summed E-state index contributed by atoms with van der Waals surface area (Å²) in [5, 5.41) is 13.6. The van der Waals surface area contributed by atoms with Gasteiger partial charge in [0.1, 0.15) is 0 Å². The molecule has 0 N–H and O–H groups in total. The molecule has 0 spiro atoms. The van der Waals surface area contributed by atoms with Crippen LogP contribution in [0.2, 0.25) is 0 Å². The molecule has 8 nitrogen and oxygen atoms in total. The van der Waals surface area contributed by atoms with Crippen LogP contribution in [0, 0.1) is 5.92 Å². The summed E-state index contributed by atoms with van der Waals surface area (Å²) in [5.41, 5.74) is 4.15. The zero-order valence-electron chi connectivity index (χ0n) is 17.8. The maximum Gasteiger partial charge on any atom is 0.266 e. The highest BCUT2D eigenvalue weighted by Crippen LogP contribution is 2.25. The van der Waals surface area contributed by atoms with Gasteiger partial charge in [-0.2, -0.15) is 10.2 Å². The highest BCUT2D eigenvalue weighted by Gasteiger charge is 2.23. The molecule has 0 amide bonds. The average Bonchev–Trinajstić information content (AvgIpc) is 2.81. The quantitative estimate of drug-likeness (QED) is 0.642.